The van der Waals surface area contributed by atoms with Crippen molar-refractivity contribution in [2.24, 2.45) is 15.6 Å². The van der Waals surface area contributed by atoms with E-state index in [1.807, 2.05) is 13.8 Å². The van der Waals surface area contributed by atoms with E-state index >= 15 is 0 Å². The quantitative estimate of drug-likeness (QED) is 0.378. The average molecular weight is 490 g/mol. The van der Waals surface area contributed by atoms with Crippen LogP contribution in [-0.2, 0) is 9.53 Å². The van der Waals surface area contributed by atoms with Crippen LogP contribution in [-0.4, -0.2) is 29.9 Å². The van der Waals surface area contributed by atoms with E-state index < -0.39 is 17.3 Å². The fourth-order valence-corrected chi connectivity index (χ4v) is 3.66. The molecule has 0 unspecified atom stereocenters. The van der Waals surface area contributed by atoms with Gasteiger partial charge in [-0.1, -0.05) is 37.0 Å². The molecule has 0 radical (unpaired) electrons. The number of halogens is 2. The Hall–Kier alpha value is -3.23. The molecule has 3 rings (SSSR count). The van der Waals surface area contributed by atoms with E-state index in [9.17, 15) is 19.5 Å². The maximum Gasteiger partial charge on any atom is 0.340 e. The number of nitrogens with one attached hydrogen (secondary N) is 1. The van der Waals surface area contributed by atoms with Crippen LogP contribution in [0, 0.1) is 5.41 Å². The van der Waals surface area contributed by atoms with Gasteiger partial charge in [-0.2, -0.15) is 0 Å². The van der Waals surface area contributed by atoms with Gasteiger partial charge in [0.25, 0.3) is 5.91 Å². The Morgan fingerprint density at radius 3 is 2.48 bits per heavy atom. The second-order valence-corrected chi connectivity index (χ2v) is 9.08. The number of rotatable bonds is 5. The summed E-state index contributed by atoms with van der Waals surface area (Å²) in [6.45, 7) is 3.72. The minimum atomic E-state index is -0.705. The summed E-state index contributed by atoms with van der Waals surface area (Å²) in [5.74, 6) is -1.78. The standard InChI is InChI=1S/C23H21Cl2N3O5/c1-23(2)10-18(29)20(19(30)11-23)28-27-16-8-12(4-6-14(16)22(32)33-3)21(31)26-17-9-13(24)5-7-15(17)25/h4-9,29H,10-11H2,1-3H3,(H,26,31). The Labute approximate surface area is 200 Å². The second kappa shape index (κ2) is 9.72. The number of aliphatic hydroxyl groups is 1. The predicted octanol–water partition coefficient (Wildman–Crippen LogP) is 6.27. The number of ketones is 1. The van der Waals surface area contributed by atoms with Crippen molar-refractivity contribution in [3.8, 4) is 0 Å². The lowest BCUT2D eigenvalue weighted by Crippen LogP contribution is -2.25. The van der Waals surface area contributed by atoms with E-state index in [1.165, 1.54) is 31.4 Å². The first-order valence-corrected chi connectivity index (χ1v) is 10.6. The highest BCUT2D eigenvalue weighted by Crippen LogP contribution is 2.37. The Balaban J connectivity index is 1.96. The number of carbonyl (C=O) groups excluding carboxylic acids is 3. The smallest absolute Gasteiger partial charge is 0.340 e. The highest BCUT2D eigenvalue weighted by Gasteiger charge is 2.33. The van der Waals surface area contributed by atoms with Gasteiger partial charge in [0.05, 0.1) is 23.4 Å². The van der Waals surface area contributed by atoms with E-state index in [4.69, 9.17) is 27.9 Å². The molecule has 172 valence electrons. The van der Waals surface area contributed by atoms with Gasteiger partial charge < -0.3 is 15.2 Å². The number of allylic oxidation sites excluding steroid dienone is 2. The van der Waals surface area contributed by atoms with E-state index in [-0.39, 0.29) is 46.9 Å². The molecule has 2 N–H and O–H groups in total. The lowest BCUT2D eigenvalue weighted by atomic mass is 9.78. The maximum absolute atomic E-state index is 12.8. The monoisotopic (exact) mass is 489 g/mol. The number of nitrogens with zero attached hydrogens (tertiary/aromatic N) is 2. The number of carbonyl (C=O) groups is 3. The highest BCUT2D eigenvalue weighted by atomic mass is 35.5. The van der Waals surface area contributed by atoms with Gasteiger partial charge in [0, 0.05) is 23.4 Å². The van der Waals surface area contributed by atoms with Crippen LogP contribution in [0.15, 0.2) is 58.1 Å². The number of hydrogen-bond acceptors (Lipinski definition) is 7. The molecule has 0 aliphatic heterocycles. The maximum atomic E-state index is 12.8. The second-order valence-electron chi connectivity index (χ2n) is 8.24. The number of aliphatic hydroxyl groups excluding tert-OH is 1. The summed E-state index contributed by atoms with van der Waals surface area (Å²) >= 11 is 12.1. The van der Waals surface area contributed by atoms with Gasteiger partial charge >= 0.3 is 5.97 Å². The highest BCUT2D eigenvalue weighted by molar-refractivity contribution is 6.35. The number of Topliss-reactive ketones (excluding diaryl/α,β-unsaturated/α-hetero) is 1. The first kappa shape index (κ1) is 24.4. The normalized spacial score (nSPS) is 15.6. The van der Waals surface area contributed by atoms with Crippen molar-refractivity contribution >= 4 is 52.2 Å². The van der Waals surface area contributed by atoms with Gasteiger partial charge in [-0.3, -0.25) is 9.59 Å². The molecule has 1 amide bonds. The number of amides is 1. The molecule has 0 fully saturated rings. The van der Waals surface area contributed by atoms with E-state index in [1.54, 1.807) is 12.1 Å². The molecule has 2 aromatic carbocycles. The van der Waals surface area contributed by atoms with Gasteiger partial charge in [-0.15, -0.1) is 10.2 Å². The molecule has 33 heavy (non-hydrogen) atoms. The minimum absolute atomic E-state index is 0.00961. The fourth-order valence-electron chi connectivity index (χ4n) is 3.32. The zero-order chi connectivity index (χ0) is 24.3. The average Bonchev–Trinajstić information content (AvgIpc) is 2.74. The third-order valence-electron chi connectivity index (χ3n) is 4.92. The Bertz CT molecular complexity index is 1200. The summed E-state index contributed by atoms with van der Waals surface area (Å²) in [7, 11) is 1.20. The SMILES string of the molecule is COC(=O)c1ccc(C(=O)Nc2cc(Cl)ccc2Cl)cc1N=NC1=C(O)CC(C)(C)CC1=O. The van der Waals surface area contributed by atoms with Crippen molar-refractivity contribution in [1.82, 2.24) is 0 Å². The van der Waals surface area contributed by atoms with Crippen LogP contribution >= 0.6 is 23.2 Å². The summed E-state index contributed by atoms with van der Waals surface area (Å²) in [4.78, 5) is 37.3. The molecule has 1 aliphatic carbocycles. The Kier molecular flexibility index (Phi) is 7.19. The molecule has 0 spiro atoms. The van der Waals surface area contributed by atoms with Crippen molar-refractivity contribution in [3.63, 3.8) is 0 Å². The molecular formula is C23H21Cl2N3O5. The Morgan fingerprint density at radius 1 is 1.09 bits per heavy atom. The van der Waals surface area contributed by atoms with Gasteiger partial charge in [0.1, 0.15) is 11.4 Å². The first-order chi connectivity index (χ1) is 15.5. The van der Waals surface area contributed by atoms with Crippen LogP contribution < -0.4 is 5.32 Å². The van der Waals surface area contributed by atoms with Crippen LogP contribution in [0.25, 0.3) is 0 Å². The van der Waals surface area contributed by atoms with E-state index in [2.05, 4.69) is 15.5 Å². The topological polar surface area (TPSA) is 117 Å². The van der Waals surface area contributed by atoms with Crippen molar-refractivity contribution < 1.29 is 24.2 Å². The minimum Gasteiger partial charge on any atom is -0.510 e. The third kappa shape index (κ3) is 5.77. The van der Waals surface area contributed by atoms with Crippen molar-refractivity contribution in [2.75, 3.05) is 12.4 Å². The van der Waals surface area contributed by atoms with E-state index in [0.717, 1.165) is 0 Å². The summed E-state index contributed by atoms with van der Waals surface area (Å²) in [6, 6.07) is 8.71. The zero-order valence-electron chi connectivity index (χ0n) is 18.1. The van der Waals surface area contributed by atoms with Gasteiger partial charge in [-0.25, -0.2) is 4.79 Å². The molecule has 0 saturated carbocycles. The van der Waals surface area contributed by atoms with Crippen LogP contribution in [0.4, 0.5) is 11.4 Å². The molecule has 0 atom stereocenters. The summed E-state index contributed by atoms with van der Waals surface area (Å²) in [6.07, 6.45) is 0.456. The van der Waals surface area contributed by atoms with Crippen molar-refractivity contribution in [3.05, 3.63) is 69.0 Å². The summed E-state index contributed by atoms with van der Waals surface area (Å²) in [5, 5.41) is 21.5. The molecule has 2 aromatic rings. The number of methoxy groups -OCH3 is 1. The van der Waals surface area contributed by atoms with Gasteiger partial charge in [0.15, 0.2) is 11.5 Å². The molecule has 0 saturated heterocycles. The molecule has 1 aliphatic rings. The van der Waals surface area contributed by atoms with Crippen molar-refractivity contribution in [2.45, 2.75) is 26.7 Å². The molecule has 8 nitrogen and oxygen atoms in total. The van der Waals surface area contributed by atoms with Gasteiger partial charge in [0.2, 0.25) is 0 Å². The van der Waals surface area contributed by atoms with Gasteiger partial charge in [-0.05, 0) is 41.8 Å². The third-order valence-corrected chi connectivity index (χ3v) is 5.49. The first-order valence-electron chi connectivity index (χ1n) is 9.86. The van der Waals surface area contributed by atoms with Crippen LogP contribution in [0.2, 0.25) is 10.0 Å². The largest absolute Gasteiger partial charge is 0.510 e. The van der Waals surface area contributed by atoms with Crippen LogP contribution in [0.1, 0.15) is 47.4 Å². The Morgan fingerprint density at radius 2 is 1.82 bits per heavy atom. The summed E-state index contributed by atoms with van der Waals surface area (Å²) in [5.41, 5.74) is -0.101. The number of azo groups is 1. The number of benzene rings is 2. The van der Waals surface area contributed by atoms with Crippen LogP contribution in [0.3, 0.4) is 0 Å². The fraction of sp³-hybridized carbons (Fsp3) is 0.261. The lowest BCUT2D eigenvalue weighted by Gasteiger charge is -2.27. The zero-order valence-corrected chi connectivity index (χ0v) is 19.6. The molecule has 0 aromatic heterocycles. The lowest BCUT2D eigenvalue weighted by molar-refractivity contribution is -0.118. The summed E-state index contributed by atoms with van der Waals surface area (Å²) < 4.78 is 4.76. The molecule has 0 heterocycles. The molecule has 0 bridgehead atoms. The number of hydrogen-bond donors (Lipinski definition) is 2. The van der Waals surface area contributed by atoms with E-state index in [0.29, 0.717) is 15.7 Å². The van der Waals surface area contributed by atoms with Crippen LogP contribution in [0.5, 0.6) is 0 Å². The number of esters is 1. The molecule has 10 heteroatoms. The molecular weight excluding hydrogens is 469 g/mol. The predicted molar refractivity (Wildman–Crippen MR) is 124 cm³/mol. The van der Waals surface area contributed by atoms with Crippen molar-refractivity contribution in [1.29, 1.82) is 0 Å². The number of ether oxygens (including phenoxy) is 1. The number of anilines is 1.